The molecule has 0 aliphatic rings. The molecule has 0 radical (unpaired) electrons. The van der Waals surface area contributed by atoms with Gasteiger partial charge in [-0.25, -0.2) is 4.98 Å². The van der Waals surface area contributed by atoms with E-state index in [0.717, 1.165) is 5.82 Å². The predicted octanol–water partition coefficient (Wildman–Crippen LogP) is 0.794. The summed E-state index contributed by atoms with van der Waals surface area (Å²) in [4.78, 5) is 16.1. The highest BCUT2D eigenvalue weighted by molar-refractivity contribution is 5.97. The first-order valence-electron chi connectivity index (χ1n) is 6.09. The molecule has 1 amide bonds. The van der Waals surface area contributed by atoms with Gasteiger partial charge < -0.3 is 14.8 Å². The van der Waals surface area contributed by atoms with Crippen LogP contribution in [-0.4, -0.2) is 41.9 Å². The summed E-state index contributed by atoms with van der Waals surface area (Å²) in [6.07, 6.45) is 2.01. The zero-order valence-corrected chi connectivity index (χ0v) is 11.3. The van der Waals surface area contributed by atoms with Crippen molar-refractivity contribution in [2.45, 2.75) is 6.42 Å². The third-order valence-electron chi connectivity index (χ3n) is 2.76. The van der Waals surface area contributed by atoms with Gasteiger partial charge in [0.25, 0.3) is 5.91 Å². The number of nitrogens with one attached hydrogen (secondary N) is 2. The number of carbonyl (C=O) groups is 1. The van der Waals surface area contributed by atoms with Gasteiger partial charge in [0.1, 0.15) is 12.2 Å². The fourth-order valence-corrected chi connectivity index (χ4v) is 1.81. The zero-order valence-electron chi connectivity index (χ0n) is 11.3. The normalized spacial score (nSPS) is 10.1. The van der Waals surface area contributed by atoms with Crippen LogP contribution in [0.4, 0.5) is 0 Å². The van der Waals surface area contributed by atoms with Crippen LogP contribution in [0.1, 0.15) is 16.2 Å². The van der Waals surface area contributed by atoms with E-state index in [2.05, 4.69) is 20.5 Å². The zero-order chi connectivity index (χ0) is 14.4. The van der Waals surface area contributed by atoms with Crippen molar-refractivity contribution in [2.24, 2.45) is 0 Å². The van der Waals surface area contributed by atoms with Crippen molar-refractivity contribution in [3.8, 4) is 11.5 Å². The Balaban J connectivity index is 2.01. The van der Waals surface area contributed by atoms with Crippen LogP contribution in [0.3, 0.4) is 0 Å². The van der Waals surface area contributed by atoms with E-state index in [1.54, 1.807) is 18.2 Å². The highest BCUT2D eigenvalue weighted by Gasteiger charge is 2.15. The molecule has 2 rings (SSSR count). The average molecular weight is 276 g/mol. The average Bonchev–Trinajstić information content (AvgIpc) is 2.99. The summed E-state index contributed by atoms with van der Waals surface area (Å²) in [6, 6.07) is 5.17. The largest absolute Gasteiger partial charge is 0.493 e. The first-order chi connectivity index (χ1) is 9.76. The summed E-state index contributed by atoms with van der Waals surface area (Å²) in [5.41, 5.74) is 0.435. The van der Waals surface area contributed by atoms with Crippen molar-refractivity contribution in [2.75, 3.05) is 20.8 Å². The number of benzene rings is 1. The quantitative estimate of drug-likeness (QED) is 0.814. The molecule has 106 valence electrons. The Hall–Kier alpha value is -2.57. The highest BCUT2D eigenvalue weighted by Crippen LogP contribution is 2.30. The molecule has 7 nitrogen and oxygen atoms in total. The first kappa shape index (κ1) is 13.9. The maximum atomic E-state index is 12.1. The molecule has 2 N–H and O–H groups in total. The number of nitrogens with zero attached hydrogens (tertiary/aromatic N) is 2. The summed E-state index contributed by atoms with van der Waals surface area (Å²) in [5, 5.41) is 9.28. The van der Waals surface area contributed by atoms with Crippen LogP contribution in [0.5, 0.6) is 11.5 Å². The third kappa shape index (κ3) is 3.05. The van der Waals surface area contributed by atoms with Gasteiger partial charge >= 0.3 is 0 Å². The Labute approximate surface area is 116 Å². The lowest BCUT2D eigenvalue weighted by Crippen LogP contribution is -2.26. The number of amides is 1. The number of carbonyl (C=O) groups excluding carboxylic acids is 1. The molecule has 1 aromatic heterocycles. The van der Waals surface area contributed by atoms with E-state index >= 15 is 0 Å². The Morgan fingerprint density at radius 3 is 2.85 bits per heavy atom. The number of aromatic nitrogens is 3. The minimum Gasteiger partial charge on any atom is -0.493 e. The van der Waals surface area contributed by atoms with Gasteiger partial charge in [0, 0.05) is 13.0 Å². The lowest BCUT2D eigenvalue weighted by Gasteiger charge is -2.12. The van der Waals surface area contributed by atoms with Gasteiger partial charge in [-0.3, -0.25) is 9.89 Å². The number of ether oxygens (including phenoxy) is 2. The smallest absolute Gasteiger partial charge is 0.255 e. The highest BCUT2D eigenvalue weighted by atomic mass is 16.5. The van der Waals surface area contributed by atoms with Gasteiger partial charge in [0.2, 0.25) is 0 Å². The Bertz CT molecular complexity index is 569. The van der Waals surface area contributed by atoms with E-state index < -0.39 is 0 Å². The van der Waals surface area contributed by atoms with E-state index in [0.29, 0.717) is 30.0 Å². The molecule has 0 fully saturated rings. The number of aromatic amines is 1. The van der Waals surface area contributed by atoms with Crippen LogP contribution in [0.2, 0.25) is 0 Å². The molecule has 2 aromatic rings. The van der Waals surface area contributed by atoms with E-state index in [1.165, 1.54) is 20.5 Å². The number of para-hydroxylation sites is 1. The van der Waals surface area contributed by atoms with Crippen LogP contribution in [0.15, 0.2) is 24.5 Å². The molecule has 0 unspecified atom stereocenters. The fourth-order valence-electron chi connectivity index (χ4n) is 1.81. The number of rotatable bonds is 6. The van der Waals surface area contributed by atoms with Crippen LogP contribution >= 0.6 is 0 Å². The van der Waals surface area contributed by atoms with Gasteiger partial charge in [0.05, 0.1) is 19.8 Å². The maximum absolute atomic E-state index is 12.1. The van der Waals surface area contributed by atoms with Crippen LogP contribution in [0.25, 0.3) is 0 Å². The van der Waals surface area contributed by atoms with Crippen LogP contribution < -0.4 is 14.8 Å². The van der Waals surface area contributed by atoms with Gasteiger partial charge in [-0.2, -0.15) is 5.10 Å². The molecule has 1 aromatic carbocycles. The van der Waals surface area contributed by atoms with Gasteiger partial charge in [0.15, 0.2) is 11.5 Å². The van der Waals surface area contributed by atoms with E-state index in [4.69, 9.17) is 9.47 Å². The molecule has 0 saturated heterocycles. The monoisotopic (exact) mass is 276 g/mol. The lowest BCUT2D eigenvalue weighted by atomic mass is 10.1. The molecule has 0 atom stereocenters. The Morgan fingerprint density at radius 2 is 2.20 bits per heavy atom. The second kappa shape index (κ2) is 6.55. The van der Waals surface area contributed by atoms with Crippen molar-refractivity contribution in [3.63, 3.8) is 0 Å². The molecule has 0 bridgehead atoms. The molecular weight excluding hydrogens is 260 g/mol. The van der Waals surface area contributed by atoms with Crippen molar-refractivity contribution in [3.05, 3.63) is 35.9 Å². The van der Waals surface area contributed by atoms with Gasteiger partial charge in [-0.05, 0) is 12.1 Å². The number of methoxy groups -OCH3 is 2. The molecule has 20 heavy (non-hydrogen) atoms. The molecule has 1 heterocycles. The maximum Gasteiger partial charge on any atom is 0.255 e. The summed E-state index contributed by atoms with van der Waals surface area (Å²) >= 11 is 0. The fraction of sp³-hybridized carbons (Fsp3) is 0.308. The number of hydrogen-bond acceptors (Lipinski definition) is 5. The van der Waals surface area contributed by atoms with E-state index in [9.17, 15) is 4.79 Å². The minimum atomic E-state index is -0.222. The molecule has 0 aliphatic carbocycles. The molecule has 0 aliphatic heterocycles. The van der Waals surface area contributed by atoms with Crippen LogP contribution in [-0.2, 0) is 6.42 Å². The SMILES string of the molecule is COc1cccc(C(=O)NCCc2ncn[nH]2)c1OC. The lowest BCUT2D eigenvalue weighted by molar-refractivity contribution is 0.0950. The van der Waals surface area contributed by atoms with Crippen molar-refractivity contribution in [1.29, 1.82) is 0 Å². The van der Waals surface area contributed by atoms with Crippen molar-refractivity contribution < 1.29 is 14.3 Å². The number of H-pyrrole nitrogens is 1. The van der Waals surface area contributed by atoms with Gasteiger partial charge in [-0.15, -0.1) is 0 Å². The standard InChI is InChI=1S/C13H16N4O3/c1-19-10-5-3-4-9(12(10)20-2)13(18)14-7-6-11-15-8-16-17-11/h3-5,8H,6-7H2,1-2H3,(H,14,18)(H,15,16,17). The molecule has 7 heteroatoms. The Kier molecular flexibility index (Phi) is 4.54. The van der Waals surface area contributed by atoms with Crippen molar-refractivity contribution >= 4 is 5.91 Å². The summed E-state index contributed by atoms with van der Waals surface area (Å²) in [7, 11) is 3.03. The topological polar surface area (TPSA) is 89.1 Å². The Morgan fingerprint density at radius 1 is 1.35 bits per heavy atom. The summed E-state index contributed by atoms with van der Waals surface area (Å²) < 4.78 is 10.4. The van der Waals surface area contributed by atoms with Crippen LogP contribution in [0, 0.1) is 0 Å². The molecule has 0 spiro atoms. The first-order valence-corrected chi connectivity index (χ1v) is 6.09. The van der Waals surface area contributed by atoms with E-state index in [1.807, 2.05) is 0 Å². The minimum absolute atomic E-state index is 0.222. The second-order valence-electron chi connectivity index (χ2n) is 3.98. The van der Waals surface area contributed by atoms with Crippen molar-refractivity contribution in [1.82, 2.24) is 20.5 Å². The molecule has 0 saturated carbocycles. The number of hydrogen-bond donors (Lipinski definition) is 2. The predicted molar refractivity (Wildman–Crippen MR) is 72.0 cm³/mol. The third-order valence-corrected chi connectivity index (χ3v) is 2.76. The summed E-state index contributed by atoms with van der Waals surface area (Å²) in [5.74, 6) is 1.45. The molecular formula is C13H16N4O3. The second-order valence-corrected chi connectivity index (χ2v) is 3.98. The van der Waals surface area contributed by atoms with E-state index in [-0.39, 0.29) is 5.91 Å². The summed E-state index contributed by atoms with van der Waals surface area (Å²) in [6.45, 7) is 0.453. The van der Waals surface area contributed by atoms with Gasteiger partial charge in [-0.1, -0.05) is 6.07 Å².